The Morgan fingerprint density at radius 3 is 2.58 bits per heavy atom. The maximum Gasteiger partial charge on any atom is 0.0984 e. The third-order valence-electron chi connectivity index (χ3n) is 1.43. The average Bonchev–Trinajstić information content (AvgIpc) is 2.10. The van der Waals surface area contributed by atoms with Crippen molar-refractivity contribution in [2.24, 2.45) is 5.16 Å². The van der Waals surface area contributed by atoms with Gasteiger partial charge in [-0.15, -0.1) is 0 Å². The molecule has 0 bridgehead atoms. The van der Waals surface area contributed by atoms with Gasteiger partial charge in [0.05, 0.1) is 5.71 Å². The van der Waals surface area contributed by atoms with Crippen LogP contribution in [0.5, 0.6) is 0 Å². The van der Waals surface area contributed by atoms with E-state index >= 15 is 0 Å². The number of nitrogens with zero attached hydrogens (tertiary/aromatic N) is 1. The molecule has 1 aromatic carbocycles. The number of benzene rings is 1. The summed E-state index contributed by atoms with van der Waals surface area (Å²) in [5.41, 5.74) is 1.51. The van der Waals surface area contributed by atoms with E-state index in [1.54, 1.807) is 0 Å². The van der Waals surface area contributed by atoms with Crippen LogP contribution in [-0.2, 0) is 0 Å². The first kappa shape index (κ1) is 9.74. The Hall–Kier alpha value is -0.350. The second-order valence-corrected chi connectivity index (χ2v) is 3.58. The minimum atomic E-state index is 0.534. The zero-order chi connectivity index (χ0) is 8.97. The van der Waals surface area contributed by atoms with Gasteiger partial charge in [-0.1, -0.05) is 55.2 Å². The molecule has 1 rings (SSSR count). The molecule has 0 amide bonds. The van der Waals surface area contributed by atoms with E-state index in [-0.39, 0.29) is 0 Å². The molecule has 0 aliphatic rings. The molecule has 4 heteroatoms. The molecule has 0 heterocycles. The lowest BCUT2D eigenvalue weighted by atomic mass is 10.1. The van der Waals surface area contributed by atoms with E-state index in [0.717, 1.165) is 10.0 Å². The lowest BCUT2D eigenvalue weighted by molar-refractivity contribution is 0.319. The van der Waals surface area contributed by atoms with E-state index < -0.39 is 0 Å². The molecule has 0 aliphatic carbocycles. The number of halogens is 2. The molecule has 1 N–H and O–H groups in total. The Labute approximate surface area is 87.5 Å². The van der Waals surface area contributed by atoms with Crippen molar-refractivity contribution in [3.8, 4) is 0 Å². The molecule has 0 saturated heterocycles. The van der Waals surface area contributed by atoms with Gasteiger partial charge in [-0.25, -0.2) is 0 Å². The fourth-order valence-electron chi connectivity index (χ4n) is 0.848. The monoisotopic (exact) mass is 291 g/mol. The summed E-state index contributed by atoms with van der Waals surface area (Å²) >= 11 is 6.60. The highest BCUT2D eigenvalue weighted by Crippen LogP contribution is 2.17. The number of hydrogen-bond acceptors (Lipinski definition) is 2. The highest BCUT2D eigenvalue weighted by molar-refractivity contribution is 9.10. The topological polar surface area (TPSA) is 32.6 Å². The summed E-state index contributed by atoms with van der Waals surface area (Å²) in [4.78, 5) is 0. The summed E-state index contributed by atoms with van der Waals surface area (Å²) in [5, 5.41) is 12.4. The SMILES string of the molecule is O/N=C(/CBr)c1ccccc1Br. The Bertz CT molecular complexity index is 299. The van der Waals surface area contributed by atoms with Crippen molar-refractivity contribution < 1.29 is 5.21 Å². The molecule has 0 radical (unpaired) electrons. The fraction of sp³-hybridized carbons (Fsp3) is 0.125. The summed E-state index contributed by atoms with van der Waals surface area (Å²) in [6, 6.07) is 7.61. The van der Waals surface area contributed by atoms with Crippen molar-refractivity contribution in [3.05, 3.63) is 34.3 Å². The molecular weight excluding hydrogens is 286 g/mol. The quantitative estimate of drug-likeness (QED) is 0.386. The van der Waals surface area contributed by atoms with Crippen molar-refractivity contribution in [3.63, 3.8) is 0 Å². The van der Waals surface area contributed by atoms with Crippen LogP contribution in [0.1, 0.15) is 5.56 Å². The molecule has 0 aromatic heterocycles. The largest absolute Gasteiger partial charge is 0.411 e. The van der Waals surface area contributed by atoms with Crippen LogP contribution < -0.4 is 0 Å². The van der Waals surface area contributed by atoms with Crippen LogP contribution in [-0.4, -0.2) is 16.2 Å². The highest BCUT2D eigenvalue weighted by atomic mass is 79.9. The fourth-order valence-corrected chi connectivity index (χ4v) is 1.78. The molecule has 0 aliphatic heterocycles. The molecule has 1 aromatic rings. The van der Waals surface area contributed by atoms with Crippen LogP contribution in [0, 0.1) is 0 Å². The van der Waals surface area contributed by atoms with Gasteiger partial charge >= 0.3 is 0 Å². The van der Waals surface area contributed by atoms with E-state index in [2.05, 4.69) is 37.0 Å². The molecule has 0 unspecified atom stereocenters. The molecule has 0 fully saturated rings. The van der Waals surface area contributed by atoms with Crippen LogP contribution in [0.3, 0.4) is 0 Å². The van der Waals surface area contributed by atoms with E-state index in [1.165, 1.54) is 0 Å². The van der Waals surface area contributed by atoms with Crippen LogP contribution in [0.15, 0.2) is 33.9 Å². The third kappa shape index (κ3) is 2.08. The molecule has 64 valence electrons. The smallest absolute Gasteiger partial charge is 0.0984 e. The Balaban J connectivity index is 3.10. The highest BCUT2D eigenvalue weighted by Gasteiger charge is 2.05. The van der Waals surface area contributed by atoms with Crippen LogP contribution in [0.2, 0.25) is 0 Å². The predicted octanol–water partition coefficient (Wildman–Crippen LogP) is 3.02. The molecule has 12 heavy (non-hydrogen) atoms. The van der Waals surface area contributed by atoms with Crippen molar-refractivity contribution in [2.45, 2.75) is 0 Å². The van der Waals surface area contributed by atoms with Gasteiger partial charge in [-0.3, -0.25) is 0 Å². The van der Waals surface area contributed by atoms with Gasteiger partial charge in [-0.2, -0.15) is 0 Å². The number of alkyl halides is 1. The van der Waals surface area contributed by atoms with Crippen molar-refractivity contribution in [1.82, 2.24) is 0 Å². The number of hydrogen-bond donors (Lipinski definition) is 1. The van der Waals surface area contributed by atoms with Crippen molar-refractivity contribution in [2.75, 3.05) is 5.33 Å². The van der Waals surface area contributed by atoms with Crippen LogP contribution >= 0.6 is 31.9 Å². The first-order valence-electron chi connectivity index (χ1n) is 3.31. The van der Waals surface area contributed by atoms with Crippen LogP contribution in [0.4, 0.5) is 0 Å². The maximum atomic E-state index is 8.64. The number of rotatable bonds is 2. The minimum absolute atomic E-state index is 0.534. The third-order valence-corrected chi connectivity index (χ3v) is 2.65. The van der Waals surface area contributed by atoms with E-state index in [0.29, 0.717) is 11.0 Å². The molecule has 0 saturated carbocycles. The van der Waals surface area contributed by atoms with Gasteiger partial charge in [0.25, 0.3) is 0 Å². The summed E-state index contributed by atoms with van der Waals surface area (Å²) in [5.74, 6) is 0. The van der Waals surface area contributed by atoms with Gasteiger partial charge in [-0.05, 0) is 6.07 Å². The molecule has 0 spiro atoms. The first-order chi connectivity index (χ1) is 5.79. The van der Waals surface area contributed by atoms with Gasteiger partial charge in [0.2, 0.25) is 0 Å². The second-order valence-electron chi connectivity index (χ2n) is 2.16. The van der Waals surface area contributed by atoms with Gasteiger partial charge in [0.15, 0.2) is 0 Å². The van der Waals surface area contributed by atoms with E-state index in [9.17, 15) is 0 Å². The normalized spacial score (nSPS) is 11.7. The Kier molecular flexibility index (Phi) is 3.75. The summed E-state index contributed by atoms with van der Waals surface area (Å²) < 4.78 is 0.928. The lowest BCUT2D eigenvalue weighted by Gasteiger charge is -2.02. The predicted molar refractivity (Wildman–Crippen MR) is 56.3 cm³/mol. The zero-order valence-corrected chi connectivity index (χ0v) is 9.34. The second kappa shape index (κ2) is 4.62. The molecular formula is C8H7Br2NO. The lowest BCUT2D eigenvalue weighted by Crippen LogP contribution is -2.02. The first-order valence-corrected chi connectivity index (χ1v) is 5.23. The van der Waals surface area contributed by atoms with Gasteiger partial charge in [0.1, 0.15) is 0 Å². The summed E-state index contributed by atoms with van der Waals surface area (Å²) in [7, 11) is 0. The maximum absolute atomic E-state index is 8.64. The standard InChI is InChI=1S/C8H7Br2NO/c9-5-8(11-12)6-3-1-2-4-7(6)10/h1-4,12H,5H2/b11-8-. The Morgan fingerprint density at radius 1 is 1.42 bits per heavy atom. The summed E-state index contributed by atoms with van der Waals surface area (Å²) in [6.45, 7) is 0. The Morgan fingerprint density at radius 2 is 2.08 bits per heavy atom. The number of oxime groups is 1. The van der Waals surface area contributed by atoms with E-state index in [4.69, 9.17) is 5.21 Å². The van der Waals surface area contributed by atoms with Crippen molar-refractivity contribution >= 4 is 37.6 Å². The molecule has 2 nitrogen and oxygen atoms in total. The molecule has 0 atom stereocenters. The zero-order valence-electron chi connectivity index (χ0n) is 6.17. The van der Waals surface area contributed by atoms with Crippen LogP contribution in [0.25, 0.3) is 0 Å². The van der Waals surface area contributed by atoms with Crippen molar-refractivity contribution in [1.29, 1.82) is 0 Å². The average molecular weight is 293 g/mol. The minimum Gasteiger partial charge on any atom is -0.411 e. The summed E-state index contributed by atoms with van der Waals surface area (Å²) in [6.07, 6.45) is 0. The van der Waals surface area contributed by atoms with Gasteiger partial charge in [0, 0.05) is 15.4 Å². The van der Waals surface area contributed by atoms with E-state index in [1.807, 2.05) is 24.3 Å². The van der Waals surface area contributed by atoms with Gasteiger partial charge < -0.3 is 5.21 Å².